The molecule has 2 N–H and O–H groups in total. The van der Waals surface area contributed by atoms with E-state index in [1.807, 2.05) is 0 Å². The van der Waals surface area contributed by atoms with Crippen LogP contribution in [-0.2, 0) is 16.1 Å². The first-order chi connectivity index (χ1) is 16.1. The number of hydrogen-bond acceptors (Lipinski definition) is 7. The highest BCUT2D eigenvalue weighted by Crippen LogP contribution is 2.50. The topological polar surface area (TPSA) is 120 Å². The van der Waals surface area contributed by atoms with Crippen LogP contribution in [0.15, 0.2) is 18.5 Å². The summed E-state index contributed by atoms with van der Waals surface area (Å²) in [6, 6.07) is 0.991. The molecule has 0 aliphatic heterocycles. The number of methoxy groups -OCH3 is 1. The van der Waals surface area contributed by atoms with Gasteiger partial charge in [-0.2, -0.15) is 5.10 Å². The molecule has 1 unspecified atom stereocenters. The fourth-order valence-corrected chi connectivity index (χ4v) is 4.42. The van der Waals surface area contributed by atoms with Crippen molar-refractivity contribution in [3.63, 3.8) is 0 Å². The third kappa shape index (κ3) is 6.37. The van der Waals surface area contributed by atoms with Gasteiger partial charge in [-0.05, 0) is 70.3 Å². The quantitative estimate of drug-likeness (QED) is 0.550. The Labute approximate surface area is 203 Å². The zero-order valence-electron chi connectivity index (χ0n) is 19.9. The van der Waals surface area contributed by atoms with Crippen molar-refractivity contribution in [1.29, 1.82) is 0 Å². The maximum absolute atomic E-state index is 13.4. The van der Waals surface area contributed by atoms with Gasteiger partial charge < -0.3 is 20.1 Å². The number of ether oxygens (including phenoxy) is 2. The first-order valence-electron chi connectivity index (χ1n) is 11.5. The van der Waals surface area contributed by atoms with Gasteiger partial charge in [-0.3, -0.25) is 9.48 Å². The summed E-state index contributed by atoms with van der Waals surface area (Å²) in [5, 5.41) is 18.0. The summed E-state index contributed by atoms with van der Waals surface area (Å²) < 4.78 is 12.3. The average Bonchev–Trinajstić information content (AvgIpc) is 3.67. The van der Waals surface area contributed by atoms with Gasteiger partial charge in [0, 0.05) is 11.8 Å². The van der Waals surface area contributed by atoms with E-state index in [1.165, 1.54) is 7.11 Å². The zero-order chi connectivity index (χ0) is 24.5. The van der Waals surface area contributed by atoms with Crippen molar-refractivity contribution < 1.29 is 19.1 Å². The highest BCUT2D eigenvalue weighted by molar-refractivity contribution is 6.29. The number of nitrogens with one attached hydrogen (secondary N) is 2. The molecule has 4 rings (SSSR count). The lowest BCUT2D eigenvalue weighted by Crippen LogP contribution is -2.51. The molecular weight excluding hydrogens is 460 g/mol. The minimum Gasteiger partial charge on any atom is -0.480 e. The molecule has 2 fully saturated rings. The lowest BCUT2D eigenvalue weighted by molar-refractivity contribution is -0.120. The molecule has 2 heterocycles. The Balaban J connectivity index is 1.47. The van der Waals surface area contributed by atoms with Gasteiger partial charge in [-0.1, -0.05) is 11.6 Å². The Hall–Kier alpha value is -2.88. The highest BCUT2D eigenvalue weighted by atomic mass is 35.5. The minimum absolute atomic E-state index is 0.108. The predicted octanol–water partition coefficient (Wildman–Crippen LogP) is 3.65. The van der Waals surface area contributed by atoms with Crippen LogP contribution >= 0.6 is 11.6 Å². The van der Waals surface area contributed by atoms with E-state index in [0.717, 1.165) is 25.7 Å². The van der Waals surface area contributed by atoms with Crippen LogP contribution in [0.25, 0.3) is 0 Å². The molecule has 2 aliphatic rings. The third-order valence-electron chi connectivity index (χ3n) is 5.90. The second kappa shape index (κ2) is 9.77. The molecule has 0 aromatic carbocycles. The van der Waals surface area contributed by atoms with Crippen LogP contribution in [0.4, 0.5) is 10.5 Å². The monoisotopic (exact) mass is 490 g/mol. The number of carbonyl (C=O) groups is 2. The molecule has 0 radical (unpaired) electrons. The number of amides is 2. The molecule has 2 aromatic heterocycles. The number of aromatic nitrogens is 4. The number of halogens is 1. The molecule has 10 nitrogen and oxygen atoms in total. The van der Waals surface area contributed by atoms with Crippen molar-refractivity contribution in [3.8, 4) is 5.88 Å². The van der Waals surface area contributed by atoms with E-state index in [4.69, 9.17) is 21.1 Å². The van der Waals surface area contributed by atoms with E-state index in [2.05, 4.69) is 25.9 Å². The molecule has 2 amide bonds. The summed E-state index contributed by atoms with van der Waals surface area (Å²) in [7, 11) is 1.50. The van der Waals surface area contributed by atoms with Crippen molar-refractivity contribution in [3.05, 3.63) is 29.2 Å². The molecule has 0 saturated heterocycles. The van der Waals surface area contributed by atoms with E-state index in [9.17, 15) is 9.59 Å². The number of carbonyl (C=O) groups excluding carboxylic acids is 2. The molecule has 11 heteroatoms. The fourth-order valence-electron chi connectivity index (χ4n) is 4.25. The first kappa shape index (κ1) is 24.3. The fraction of sp³-hybridized carbons (Fsp3) is 0.609. The Morgan fingerprint density at radius 1 is 1.21 bits per heavy atom. The number of rotatable bonds is 9. The van der Waals surface area contributed by atoms with Crippen LogP contribution in [0.5, 0.6) is 5.88 Å². The molecule has 2 aromatic rings. The second-order valence-electron chi connectivity index (χ2n) is 9.99. The van der Waals surface area contributed by atoms with Crippen LogP contribution in [0.1, 0.15) is 52.0 Å². The Bertz CT molecular complexity index is 1030. The van der Waals surface area contributed by atoms with Gasteiger partial charge in [-0.15, -0.1) is 10.2 Å². The van der Waals surface area contributed by atoms with Crippen LogP contribution in [0.3, 0.4) is 0 Å². The summed E-state index contributed by atoms with van der Waals surface area (Å²) in [4.78, 5) is 25.9. The van der Waals surface area contributed by atoms with Crippen molar-refractivity contribution in [2.45, 2.75) is 64.6 Å². The van der Waals surface area contributed by atoms with Crippen LogP contribution < -0.4 is 15.4 Å². The zero-order valence-corrected chi connectivity index (χ0v) is 20.6. The standard InChI is InChI=1S/C23H31ClN6O4/c1-23(2,3)34-22(32)27-19(18(13-5-6-13)14-7-8-14)20(31)26-16-10-25-30(12-16)11-15-9-17(24)28-29-21(15)33-4/h9-10,12-14,18-19H,5-8,11H2,1-4H3,(H,26,31)(H,27,32). The van der Waals surface area contributed by atoms with E-state index >= 15 is 0 Å². The molecule has 1 atom stereocenters. The van der Waals surface area contributed by atoms with E-state index in [-0.39, 0.29) is 17.0 Å². The number of hydrogen-bond donors (Lipinski definition) is 2. The van der Waals surface area contributed by atoms with Crippen LogP contribution in [0, 0.1) is 17.8 Å². The first-order valence-corrected chi connectivity index (χ1v) is 11.9. The van der Waals surface area contributed by atoms with Gasteiger partial charge in [0.1, 0.15) is 11.6 Å². The van der Waals surface area contributed by atoms with Crippen molar-refractivity contribution in [2.24, 2.45) is 17.8 Å². The summed E-state index contributed by atoms with van der Waals surface area (Å²) in [5.41, 5.74) is 0.584. The van der Waals surface area contributed by atoms with E-state index < -0.39 is 17.7 Å². The molecule has 34 heavy (non-hydrogen) atoms. The van der Waals surface area contributed by atoms with Gasteiger partial charge in [0.25, 0.3) is 0 Å². The van der Waals surface area contributed by atoms with E-state index in [0.29, 0.717) is 35.5 Å². The molecule has 0 bridgehead atoms. The number of alkyl carbamates (subject to hydrolysis) is 1. The summed E-state index contributed by atoms with van der Waals surface area (Å²) in [6.45, 7) is 5.74. The van der Waals surface area contributed by atoms with Gasteiger partial charge in [-0.25, -0.2) is 4.79 Å². The van der Waals surface area contributed by atoms with Gasteiger partial charge >= 0.3 is 6.09 Å². The van der Waals surface area contributed by atoms with Crippen LogP contribution in [0.2, 0.25) is 5.15 Å². The largest absolute Gasteiger partial charge is 0.480 e. The van der Waals surface area contributed by atoms with E-state index in [1.54, 1.807) is 43.9 Å². The number of nitrogens with zero attached hydrogens (tertiary/aromatic N) is 4. The smallest absolute Gasteiger partial charge is 0.408 e. The number of anilines is 1. The van der Waals surface area contributed by atoms with Crippen molar-refractivity contribution in [1.82, 2.24) is 25.3 Å². The lowest BCUT2D eigenvalue weighted by atomic mass is 9.89. The Morgan fingerprint density at radius 2 is 1.88 bits per heavy atom. The molecule has 0 spiro atoms. The lowest BCUT2D eigenvalue weighted by Gasteiger charge is -2.28. The Morgan fingerprint density at radius 3 is 2.47 bits per heavy atom. The third-order valence-corrected chi connectivity index (χ3v) is 6.09. The summed E-state index contributed by atoms with van der Waals surface area (Å²) in [6.07, 6.45) is 7.04. The molecule has 184 valence electrons. The second-order valence-corrected chi connectivity index (χ2v) is 10.4. The maximum atomic E-state index is 13.4. The van der Waals surface area contributed by atoms with Gasteiger partial charge in [0.05, 0.1) is 25.5 Å². The SMILES string of the molecule is COc1nnc(Cl)cc1Cn1cc(NC(=O)C(NC(=O)OC(C)(C)C)C(C2CC2)C2CC2)cn1. The molecule has 2 aliphatic carbocycles. The normalized spacial score (nSPS) is 16.8. The predicted molar refractivity (Wildman–Crippen MR) is 126 cm³/mol. The maximum Gasteiger partial charge on any atom is 0.408 e. The van der Waals surface area contributed by atoms with Gasteiger partial charge in [0.15, 0.2) is 5.15 Å². The minimum atomic E-state index is -0.665. The molecular formula is C23H31ClN6O4. The highest BCUT2D eigenvalue weighted by Gasteiger charge is 2.48. The Kier molecular flexibility index (Phi) is 6.97. The van der Waals surface area contributed by atoms with Crippen LogP contribution in [-0.4, -0.2) is 50.7 Å². The average molecular weight is 491 g/mol. The summed E-state index contributed by atoms with van der Waals surface area (Å²) >= 11 is 5.96. The van der Waals surface area contributed by atoms with Gasteiger partial charge in [0.2, 0.25) is 11.8 Å². The van der Waals surface area contributed by atoms with Crippen molar-refractivity contribution >= 4 is 29.3 Å². The van der Waals surface area contributed by atoms with Crippen molar-refractivity contribution in [2.75, 3.05) is 12.4 Å². The summed E-state index contributed by atoms with van der Waals surface area (Å²) in [5.74, 6) is 1.11. The molecule has 2 saturated carbocycles.